The molecule has 154 valence electrons. The van der Waals surface area contributed by atoms with Gasteiger partial charge in [-0.25, -0.2) is 0 Å². The highest BCUT2D eigenvalue weighted by molar-refractivity contribution is 4.92. The predicted molar refractivity (Wildman–Crippen MR) is 88.0 cm³/mol. The third-order valence-corrected chi connectivity index (χ3v) is 5.21. The van der Waals surface area contributed by atoms with Gasteiger partial charge in [0.2, 0.25) is 0 Å². The van der Waals surface area contributed by atoms with E-state index < -0.39 is 55.6 Å². The molecule has 2 saturated heterocycles. The van der Waals surface area contributed by atoms with E-state index in [1.165, 1.54) is 0 Å². The van der Waals surface area contributed by atoms with Gasteiger partial charge in [-0.15, -0.1) is 0 Å². The first-order valence-electron chi connectivity index (χ1n) is 8.98. The molecule has 7 N–H and O–H groups in total. The Labute approximate surface area is 152 Å². The fourth-order valence-electron chi connectivity index (χ4n) is 3.36. The van der Waals surface area contributed by atoms with Crippen molar-refractivity contribution in [2.24, 2.45) is 0 Å². The molecule has 10 heteroatoms. The summed E-state index contributed by atoms with van der Waals surface area (Å²) < 4.78 is 10.7. The molecule has 2 fully saturated rings. The normalized spacial score (nSPS) is 45.0. The van der Waals surface area contributed by atoms with E-state index in [-0.39, 0.29) is 19.2 Å². The van der Waals surface area contributed by atoms with Crippen LogP contribution in [-0.2, 0) is 9.47 Å². The SMILES string of the molecule is CC1C(O)C(O)C(O)CN1CCCCOC1OC(CO)C(O)C(O)C1O. The van der Waals surface area contributed by atoms with E-state index in [1.54, 1.807) is 6.92 Å². The smallest absolute Gasteiger partial charge is 0.186 e. The van der Waals surface area contributed by atoms with Crippen molar-refractivity contribution in [3.05, 3.63) is 0 Å². The fraction of sp³-hybridized carbons (Fsp3) is 1.00. The number of β-amino-alcohol motifs (C(OH)–C–C–N with tert-alkyl or cyclic N) is 1. The van der Waals surface area contributed by atoms with Crippen LogP contribution in [0, 0.1) is 0 Å². The molecule has 9 unspecified atom stereocenters. The van der Waals surface area contributed by atoms with Gasteiger partial charge in [0.15, 0.2) is 6.29 Å². The first-order chi connectivity index (χ1) is 12.3. The van der Waals surface area contributed by atoms with Gasteiger partial charge in [-0.1, -0.05) is 0 Å². The third kappa shape index (κ3) is 4.90. The molecule has 2 aliphatic heterocycles. The molecule has 26 heavy (non-hydrogen) atoms. The van der Waals surface area contributed by atoms with Crippen LogP contribution in [-0.4, -0.2) is 122 Å². The molecule has 0 aliphatic carbocycles. The van der Waals surface area contributed by atoms with Crippen LogP contribution in [0.5, 0.6) is 0 Å². The Morgan fingerprint density at radius 2 is 1.62 bits per heavy atom. The fourth-order valence-corrected chi connectivity index (χ4v) is 3.36. The Balaban J connectivity index is 1.70. The van der Waals surface area contributed by atoms with Gasteiger partial charge in [0, 0.05) is 19.2 Å². The lowest BCUT2D eigenvalue weighted by Crippen LogP contribution is -2.60. The van der Waals surface area contributed by atoms with Crippen LogP contribution in [0.2, 0.25) is 0 Å². The van der Waals surface area contributed by atoms with E-state index >= 15 is 0 Å². The molecule has 2 heterocycles. The number of aliphatic hydroxyl groups excluding tert-OH is 7. The summed E-state index contributed by atoms with van der Waals surface area (Å²) in [6.45, 7) is 2.35. The molecule has 0 saturated carbocycles. The van der Waals surface area contributed by atoms with Crippen molar-refractivity contribution in [2.45, 2.75) is 74.8 Å². The largest absolute Gasteiger partial charge is 0.394 e. The minimum atomic E-state index is -1.46. The maximum Gasteiger partial charge on any atom is 0.186 e. The molecule has 0 spiro atoms. The van der Waals surface area contributed by atoms with Crippen LogP contribution in [0.3, 0.4) is 0 Å². The van der Waals surface area contributed by atoms with Crippen molar-refractivity contribution in [1.82, 2.24) is 4.90 Å². The quantitative estimate of drug-likeness (QED) is 0.219. The highest BCUT2D eigenvalue weighted by Crippen LogP contribution is 2.22. The molecular formula is C16H31NO9. The van der Waals surface area contributed by atoms with Crippen LogP contribution >= 0.6 is 0 Å². The van der Waals surface area contributed by atoms with Crippen LogP contribution in [0.4, 0.5) is 0 Å². The zero-order valence-corrected chi connectivity index (χ0v) is 14.8. The van der Waals surface area contributed by atoms with Crippen molar-refractivity contribution in [3.8, 4) is 0 Å². The third-order valence-electron chi connectivity index (χ3n) is 5.21. The summed E-state index contributed by atoms with van der Waals surface area (Å²) in [5.41, 5.74) is 0. The topological polar surface area (TPSA) is 163 Å². The lowest BCUT2D eigenvalue weighted by Gasteiger charge is -2.42. The van der Waals surface area contributed by atoms with Gasteiger partial charge in [-0.3, -0.25) is 4.90 Å². The Morgan fingerprint density at radius 1 is 0.923 bits per heavy atom. The Bertz CT molecular complexity index is 427. The molecule has 0 aromatic heterocycles. The van der Waals surface area contributed by atoms with Crippen molar-refractivity contribution in [1.29, 1.82) is 0 Å². The molecule has 0 aromatic rings. The molecule has 2 aliphatic rings. The zero-order valence-electron chi connectivity index (χ0n) is 14.8. The Kier molecular flexibility index (Phi) is 8.16. The van der Waals surface area contributed by atoms with Crippen molar-refractivity contribution in [3.63, 3.8) is 0 Å². The summed E-state index contributed by atoms with van der Waals surface area (Å²) >= 11 is 0. The molecule has 10 nitrogen and oxygen atoms in total. The number of nitrogens with zero attached hydrogens (tertiary/aromatic N) is 1. The van der Waals surface area contributed by atoms with Gasteiger partial charge in [0.25, 0.3) is 0 Å². The van der Waals surface area contributed by atoms with Gasteiger partial charge < -0.3 is 45.2 Å². The predicted octanol–water partition coefficient (Wildman–Crippen LogP) is -3.63. The van der Waals surface area contributed by atoms with Crippen molar-refractivity contribution >= 4 is 0 Å². The standard InChI is InChI=1S/C16H31NO9/c1-8-11(20)12(21)9(19)6-17(8)4-2-3-5-25-16-15(24)14(23)13(22)10(7-18)26-16/h8-16,18-24H,2-7H2,1H3. The molecular weight excluding hydrogens is 350 g/mol. The minimum Gasteiger partial charge on any atom is -0.394 e. The minimum absolute atomic E-state index is 0.221. The summed E-state index contributed by atoms with van der Waals surface area (Å²) in [4.78, 5) is 1.88. The summed E-state index contributed by atoms with van der Waals surface area (Å²) in [5.74, 6) is 0. The Morgan fingerprint density at radius 3 is 2.27 bits per heavy atom. The summed E-state index contributed by atoms with van der Waals surface area (Å²) in [7, 11) is 0. The second kappa shape index (κ2) is 9.69. The number of ether oxygens (including phenoxy) is 2. The van der Waals surface area contributed by atoms with Gasteiger partial charge >= 0.3 is 0 Å². The van der Waals surface area contributed by atoms with Crippen molar-refractivity contribution in [2.75, 3.05) is 26.3 Å². The van der Waals surface area contributed by atoms with Crippen LogP contribution < -0.4 is 0 Å². The van der Waals surface area contributed by atoms with E-state index in [4.69, 9.17) is 14.6 Å². The van der Waals surface area contributed by atoms with E-state index in [1.807, 2.05) is 4.90 Å². The van der Waals surface area contributed by atoms with Gasteiger partial charge in [0.05, 0.1) is 18.8 Å². The number of rotatable bonds is 7. The molecule has 2 rings (SSSR count). The average Bonchev–Trinajstić information content (AvgIpc) is 2.63. The number of hydrogen-bond acceptors (Lipinski definition) is 10. The molecule has 0 aromatic carbocycles. The second-order valence-electron chi connectivity index (χ2n) is 7.06. The summed E-state index contributed by atoms with van der Waals surface area (Å²) in [5, 5.41) is 67.7. The highest BCUT2D eigenvalue weighted by Gasteiger charge is 2.44. The molecule has 0 bridgehead atoms. The molecule has 0 amide bonds. The second-order valence-corrected chi connectivity index (χ2v) is 7.06. The monoisotopic (exact) mass is 381 g/mol. The van der Waals surface area contributed by atoms with Crippen LogP contribution in [0.15, 0.2) is 0 Å². The van der Waals surface area contributed by atoms with E-state index in [2.05, 4.69) is 0 Å². The van der Waals surface area contributed by atoms with Crippen LogP contribution in [0.25, 0.3) is 0 Å². The van der Waals surface area contributed by atoms with E-state index in [0.29, 0.717) is 19.4 Å². The number of piperidine rings is 1. The summed E-state index contributed by atoms with van der Waals surface area (Å²) in [6, 6.07) is -0.278. The molecule has 9 atom stereocenters. The lowest BCUT2D eigenvalue weighted by molar-refractivity contribution is -0.301. The van der Waals surface area contributed by atoms with Crippen LogP contribution in [0.1, 0.15) is 19.8 Å². The van der Waals surface area contributed by atoms with Gasteiger partial charge in [0.1, 0.15) is 30.5 Å². The Hall–Kier alpha value is -0.400. The number of aliphatic hydroxyl groups is 7. The maximum atomic E-state index is 9.90. The van der Waals surface area contributed by atoms with E-state index in [9.17, 15) is 30.6 Å². The lowest BCUT2D eigenvalue weighted by atomic mass is 9.95. The van der Waals surface area contributed by atoms with E-state index in [0.717, 1.165) is 0 Å². The number of unbranched alkanes of at least 4 members (excludes halogenated alkanes) is 1. The molecule has 0 radical (unpaired) electrons. The maximum absolute atomic E-state index is 9.90. The first-order valence-corrected chi connectivity index (χ1v) is 8.98. The van der Waals surface area contributed by atoms with Gasteiger partial charge in [-0.05, 0) is 26.3 Å². The highest BCUT2D eigenvalue weighted by atomic mass is 16.7. The van der Waals surface area contributed by atoms with Crippen molar-refractivity contribution < 1.29 is 45.2 Å². The first kappa shape index (κ1) is 21.9. The average molecular weight is 381 g/mol. The summed E-state index contributed by atoms with van der Waals surface area (Å²) in [6.07, 6.45) is -8.31. The van der Waals surface area contributed by atoms with Gasteiger partial charge in [-0.2, -0.15) is 0 Å². The number of likely N-dealkylation sites (tertiary alicyclic amines) is 1. The number of hydrogen-bond donors (Lipinski definition) is 7. The zero-order chi connectivity index (χ0) is 19.4.